The molecule has 1 rings (SSSR count). The zero-order valence-electron chi connectivity index (χ0n) is 12.2. The molecule has 0 amide bonds. The number of hydrogen-bond donors (Lipinski definition) is 0. The zero-order valence-corrected chi connectivity index (χ0v) is 12.2. The average molecular weight is 225 g/mol. The molecule has 96 valence electrons. The molecule has 0 aromatic rings. The van der Waals surface area contributed by atoms with E-state index in [-0.39, 0.29) is 0 Å². The summed E-state index contributed by atoms with van der Waals surface area (Å²) in [5.74, 6) is 3.50. The Bertz CT molecular complexity index is 198. The van der Waals surface area contributed by atoms with Crippen molar-refractivity contribution < 1.29 is 0 Å². The van der Waals surface area contributed by atoms with Crippen molar-refractivity contribution >= 4 is 0 Å². The Kier molecular flexibility index (Phi) is 5.30. The van der Waals surface area contributed by atoms with Gasteiger partial charge in [-0.25, -0.2) is 0 Å². The molecule has 0 aromatic carbocycles. The minimum atomic E-state index is 0.713. The lowest BCUT2D eigenvalue weighted by Gasteiger charge is -2.39. The van der Waals surface area contributed by atoms with E-state index in [9.17, 15) is 0 Å². The minimum Gasteiger partial charge on any atom is -0.301 e. The van der Waals surface area contributed by atoms with Gasteiger partial charge in [-0.2, -0.15) is 0 Å². The second-order valence-electron chi connectivity index (χ2n) is 6.48. The van der Waals surface area contributed by atoms with Crippen molar-refractivity contribution in [1.29, 1.82) is 0 Å². The molecule has 3 atom stereocenters. The van der Waals surface area contributed by atoms with Gasteiger partial charge in [-0.05, 0) is 56.9 Å². The van der Waals surface area contributed by atoms with Gasteiger partial charge in [-0.1, -0.05) is 27.7 Å². The second kappa shape index (κ2) is 6.05. The van der Waals surface area contributed by atoms with Crippen LogP contribution in [0.3, 0.4) is 0 Å². The maximum Gasteiger partial charge on any atom is 0.00387 e. The lowest BCUT2D eigenvalue weighted by molar-refractivity contribution is 0.0940. The van der Waals surface area contributed by atoms with Crippen molar-refractivity contribution in [2.24, 2.45) is 23.7 Å². The van der Waals surface area contributed by atoms with Crippen LogP contribution in [-0.4, -0.2) is 24.0 Å². The number of nitrogens with zero attached hydrogens (tertiary/aromatic N) is 1. The third-order valence-electron chi connectivity index (χ3n) is 4.66. The molecule has 0 saturated carbocycles. The van der Waals surface area contributed by atoms with E-state index in [1.54, 1.807) is 0 Å². The first-order valence-electron chi connectivity index (χ1n) is 7.17. The predicted octanol–water partition coefficient (Wildman–Crippen LogP) is 4.04. The molecular weight excluding hydrogens is 194 g/mol. The van der Waals surface area contributed by atoms with Crippen molar-refractivity contribution in [3.8, 4) is 0 Å². The van der Waals surface area contributed by atoms with Crippen molar-refractivity contribution in [3.63, 3.8) is 0 Å². The Balaban J connectivity index is 2.65. The molecular formula is C15H31N. The Labute approximate surface area is 103 Å². The van der Waals surface area contributed by atoms with E-state index in [4.69, 9.17) is 0 Å². The lowest BCUT2D eigenvalue weighted by Crippen LogP contribution is -2.41. The first kappa shape index (κ1) is 14.0. The highest BCUT2D eigenvalue weighted by Gasteiger charge is 2.29. The number of rotatable bonds is 2. The molecule has 0 aromatic heterocycles. The lowest BCUT2D eigenvalue weighted by atomic mass is 9.74. The fourth-order valence-corrected chi connectivity index (χ4v) is 3.25. The van der Waals surface area contributed by atoms with Crippen LogP contribution >= 0.6 is 0 Å². The van der Waals surface area contributed by atoms with Gasteiger partial charge in [0.15, 0.2) is 0 Å². The van der Waals surface area contributed by atoms with E-state index in [1.165, 1.54) is 25.9 Å². The predicted molar refractivity (Wildman–Crippen MR) is 72.6 cm³/mol. The van der Waals surface area contributed by atoms with Crippen LogP contribution in [0.15, 0.2) is 0 Å². The van der Waals surface area contributed by atoms with Crippen LogP contribution in [0.5, 0.6) is 0 Å². The van der Waals surface area contributed by atoms with Gasteiger partial charge >= 0.3 is 0 Å². The van der Waals surface area contributed by atoms with Crippen LogP contribution in [0, 0.1) is 23.7 Å². The maximum absolute atomic E-state index is 2.66. The molecule has 1 heterocycles. The molecule has 0 spiro atoms. The molecule has 1 aliphatic rings. The van der Waals surface area contributed by atoms with Gasteiger partial charge in [0.05, 0.1) is 0 Å². The summed E-state index contributed by atoms with van der Waals surface area (Å²) in [6.07, 6.45) is 2.81. The molecule has 0 radical (unpaired) electrons. The fraction of sp³-hybridized carbons (Fsp3) is 1.00. The first-order valence-corrected chi connectivity index (χ1v) is 7.17. The van der Waals surface area contributed by atoms with Crippen molar-refractivity contribution in [3.05, 3.63) is 0 Å². The summed E-state index contributed by atoms with van der Waals surface area (Å²) < 4.78 is 0. The fourth-order valence-electron chi connectivity index (χ4n) is 3.25. The monoisotopic (exact) mass is 225 g/mol. The Morgan fingerprint density at radius 2 is 1.69 bits per heavy atom. The smallest absolute Gasteiger partial charge is 0.00387 e. The molecule has 1 nitrogen and oxygen atoms in total. The van der Waals surface area contributed by atoms with Gasteiger partial charge < -0.3 is 4.90 Å². The molecule has 16 heavy (non-hydrogen) atoms. The van der Waals surface area contributed by atoms with Gasteiger partial charge in [-0.3, -0.25) is 0 Å². The standard InChI is InChI=1S/C15H31N/c1-11(2)15-8-7-9-16(12(3)4)10-13(5)14(15)6/h11-15H,7-10H2,1-6H3. The maximum atomic E-state index is 2.66. The van der Waals surface area contributed by atoms with Gasteiger partial charge in [0.25, 0.3) is 0 Å². The minimum absolute atomic E-state index is 0.713. The van der Waals surface area contributed by atoms with Gasteiger partial charge in [-0.15, -0.1) is 0 Å². The normalized spacial score (nSPS) is 34.1. The number of hydrogen-bond acceptors (Lipinski definition) is 1. The molecule has 0 N–H and O–H groups in total. The van der Waals surface area contributed by atoms with Crippen molar-refractivity contribution in [1.82, 2.24) is 4.90 Å². The summed E-state index contributed by atoms with van der Waals surface area (Å²) in [4.78, 5) is 2.66. The van der Waals surface area contributed by atoms with E-state index in [0.29, 0.717) is 6.04 Å². The Morgan fingerprint density at radius 1 is 1.06 bits per heavy atom. The van der Waals surface area contributed by atoms with Gasteiger partial charge in [0, 0.05) is 12.6 Å². The summed E-state index contributed by atoms with van der Waals surface area (Å²) in [5.41, 5.74) is 0. The summed E-state index contributed by atoms with van der Waals surface area (Å²) in [5, 5.41) is 0. The van der Waals surface area contributed by atoms with Crippen LogP contribution < -0.4 is 0 Å². The summed E-state index contributed by atoms with van der Waals surface area (Å²) >= 11 is 0. The molecule has 1 saturated heterocycles. The quantitative estimate of drug-likeness (QED) is 0.685. The van der Waals surface area contributed by atoms with Gasteiger partial charge in [0.1, 0.15) is 0 Å². The Hall–Kier alpha value is -0.0400. The summed E-state index contributed by atoms with van der Waals surface area (Å²) in [6, 6.07) is 0.713. The molecule has 0 bridgehead atoms. The molecule has 1 fully saturated rings. The van der Waals surface area contributed by atoms with Crippen LogP contribution in [0.1, 0.15) is 54.4 Å². The Morgan fingerprint density at radius 3 is 2.19 bits per heavy atom. The second-order valence-corrected chi connectivity index (χ2v) is 6.48. The van der Waals surface area contributed by atoms with Crippen molar-refractivity contribution in [2.45, 2.75) is 60.4 Å². The van der Waals surface area contributed by atoms with Crippen LogP contribution in [-0.2, 0) is 0 Å². The third-order valence-corrected chi connectivity index (χ3v) is 4.66. The van der Waals surface area contributed by atoms with E-state index in [0.717, 1.165) is 23.7 Å². The van der Waals surface area contributed by atoms with Crippen LogP contribution in [0.25, 0.3) is 0 Å². The van der Waals surface area contributed by atoms with E-state index >= 15 is 0 Å². The highest BCUT2D eigenvalue weighted by atomic mass is 15.1. The highest BCUT2D eigenvalue weighted by Crippen LogP contribution is 2.33. The van der Waals surface area contributed by atoms with Gasteiger partial charge in [0.2, 0.25) is 0 Å². The summed E-state index contributed by atoms with van der Waals surface area (Å²) in [6.45, 7) is 17.0. The van der Waals surface area contributed by atoms with E-state index < -0.39 is 0 Å². The molecule has 1 heteroatoms. The molecule has 0 aliphatic carbocycles. The SMILES string of the molecule is CC(C)C1CCCN(C(C)C)CC(C)C1C. The highest BCUT2D eigenvalue weighted by molar-refractivity contribution is 4.80. The average Bonchev–Trinajstić information content (AvgIpc) is 2.18. The third kappa shape index (κ3) is 3.48. The largest absolute Gasteiger partial charge is 0.301 e. The zero-order chi connectivity index (χ0) is 12.3. The topological polar surface area (TPSA) is 3.24 Å². The first-order chi connectivity index (χ1) is 7.43. The van der Waals surface area contributed by atoms with Crippen LogP contribution in [0.2, 0.25) is 0 Å². The van der Waals surface area contributed by atoms with E-state index in [2.05, 4.69) is 46.4 Å². The molecule has 1 aliphatic heterocycles. The number of likely N-dealkylation sites (tertiary alicyclic amines) is 1. The van der Waals surface area contributed by atoms with Crippen molar-refractivity contribution in [2.75, 3.05) is 13.1 Å². The summed E-state index contributed by atoms with van der Waals surface area (Å²) in [7, 11) is 0. The van der Waals surface area contributed by atoms with E-state index in [1.807, 2.05) is 0 Å². The molecule has 3 unspecified atom stereocenters. The van der Waals surface area contributed by atoms with Crippen LogP contribution in [0.4, 0.5) is 0 Å².